The number of benzene rings is 1. The van der Waals surface area contributed by atoms with E-state index in [1.165, 1.54) is 12.1 Å². The van der Waals surface area contributed by atoms with E-state index in [1.807, 2.05) is 6.92 Å². The molecule has 20 heavy (non-hydrogen) atoms. The van der Waals surface area contributed by atoms with Crippen molar-refractivity contribution in [3.8, 4) is 5.75 Å². The van der Waals surface area contributed by atoms with Crippen LogP contribution in [0, 0.1) is 5.82 Å². The summed E-state index contributed by atoms with van der Waals surface area (Å²) in [6.45, 7) is 2.35. The summed E-state index contributed by atoms with van der Waals surface area (Å²) in [5.74, 6) is 0.373. The number of aromatic nitrogens is 1. The molecule has 1 heterocycles. The summed E-state index contributed by atoms with van der Waals surface area (Å²) in [7, 11) is 0. The van der Waals surface area contributed by atoms with Crippen LogP contribution in [0.2, 0.25) is 0 Å². The maximum atomic E-state index is 12.8. The highest BCUT2D eigenvalue weighted by Crippen LogP contribution is 2.20. The lowest BCUT2D eigenvalue weighted by Crippen LogP contribution is -2.16. The second-order valence-electron chi connectivity index (χ2n) is 4.13. The second-order valence-corrected chi connectivity index (χ2v) is 4.13. The van der Waals surface area contributed by atoms with Gasteiger partial charge < -0.3 is 10.1 Å². The molecular weight excluding hydrogens is 259 g/mol. The third-order valence-corrected chi connectivity index (χ3v) is 2.61. The molecule has 4 nitrogen and oxygen atoms in total. The third kappa shape index (κ3) is 3.78. The molecule has 0 atom stereocenters. The summed E-state index contributed by atoms with van der Waals surface area (Å²) in [6.07, 6.45) is 1.73. The molecule has 104 valence electrons. The van der Waals surface area contributed by atoms with E-state index < -0.39 is 0 Å². The minimum absolute atomic E-state index is 0.155. The van der Waals surface area contributed by atoms with Crippen LogP contribution in [0.15, 0.2) is 42.6 Å². The van der Waals surface area contributed by atoms with Crippen molar-refractivity contribution >= 4 is 11.7 Å². The first-order valence-electron chi connectivity index (χ1n) is 6.31. The molecule has 0 aliphatic carbocycles. The molecule has 2 rings (SSSR count). The van der Waals surface area contributed by atoms with Crippen molar-refractivity contribution in [1.82, 2.24) is 4.98 Å². The number of halogens is 1. The van der Waals surface area contributed by atoms with Crippen molar-refractivity contribution in [2.24, 2.45) is 0 Å². The van der Waals surface area contributed by atoms with Crippen LogP contribution in [0.4, 0.5) is 10.2 Å². The van der Waals surface area contributed by atoms with Crippen molar-refractivity contribution < 1.29 is 13.9 Å². The molecule has 1 amide bonds. The highest BCUT2D eigenvalue weighted by atomic mass is 19.1. The Bertz CT molecular complexity index is 585. The number of carbonyl (C=O) groups excluding carboxylic acids is 1. The number of anilines is 1. The standard InChI is InChI=1S/C15H15FN2O2/c1-2-20-13-4-3-9-17-15(13)18-14(19)10-11-5-7-12(16)8-6-11/h3-9H,2,10H2,1H3,(H,17,18,19). The highest BCUT2D eigenvalue weighted by molar-refractivity contribution is 5.92. The molecule has 0 aliphatic rings. The van der Waals surface area contributed by atoms with Gasteiger partial charge in [-0.15, -0.1) is 0 Å². The molecule has 0 fully saturated rings. The van der Waals surface area contributed by atoms with Crippen LogP contribution in [0.5, 0.6) is 5.75 Å². The van der Waals surface area contributed by atoms with E-state index >= 15 is 0 Å². The van der Waals surface area contributed by atoms with Gasteiger partial charge >= 0.3 is 0 Å². The number of hydrogen-bond donors (Lipinski definition) is 1. The maximum absolute atomic E-state index is 12.8. The molecular formula is C15H15FN2O2. The fourth-order valence-corrected chi connectivity index (χ4v) is 1.72. The van der Waals surface area contributed by atoms with Gasteiger partial charge in [-0.3, -0.25) is 4.79 Å². The Morgan fingerprint density at radius 3 is 2.75 bits per heavy atom. The third-order valence-electron chi connectivity index (χ3n) is 2.61. The Morgan fingerprint density at radius 2 is 2.05 bits per heavy atom. The van der Waals surface area contributed by atoms with Gasteiger partial charge in [-0.25, -0.2) is 9.37 Å². The lowest BCUT2D eigenvalue weighted by atomic mass is 10.1. The van der Waals surface area contributed by atoms with Crippen LogP contribution in [0.25, 0.3) is 0 Å². The number of rotatable bonds is 5. The lowest BCUT2D eigenvalue weighted by Gasteiger charge is -2.10. The fourth-order valence-electron chi connectivity index (χ4n) is 1.72. The summed E-state index contributed by atoms with van der Waals surface area (Å²) in [5, 5.41) is 2.69. The summed E-state index contributed by atoms with van der Waals surface area (Å²) < 4.78 is 18.2. The minimum atomic E-state index is -0.322. The van der Waals surface area contributed by atoms with E-state index in [2.05, 4.69) is 10.3 Å². The van der Waals surface area contributed by atoms with Gasteiger partial charge in [0.25, 0.3) is 0 Å². The molecule has 1 N–H and O–H groups in total. The Labute approximate surface area is 116 Å². The van der Waals surface area contributed by atoms with E-state index in [-0.39, 0.29) is 18.1 Å². The predicted octanol–water partition coefficient (Wildman–Crippen LogP) is 2.80. The Morgan fingerprint density at radius 1 is 1.30 bits per heavy atom. The lowest BCUT2D eigenvalue weighted by molar-refractivity contribution is -0.115. The maximum Gasteiger partial charge on any atom is 0.230 e. The van der Waals surface area contributed by atoms with Gasteiger partial charge in [0.1, 0.15) is 5.82 Å². The number of hydrogen-bond acceptors (Lipinski definition) is 3. The number of pyridine rings is 1. The van der Waals surface area contributed by atoms with Crippen LogP contribution >= 0.6 is 0 Å². The van der Waals surface area contributed by atoms with Crippen molar-refractivity contribution in [3.63, 3.8) is 0 Å². The largest absolute Gasteiger partial charge is 0.490 e. The van der Waals surface area contributed by atoms with Crippen LogP contribution < -0.4 is 10.1 Å². The van der Waals surface area contributed by atoms with Gasteiger partial charge in [0.2, 0.25) is 5.91 Å². The monoisotopic (exact) mass is 274 g/mol. The SMILES string of the molecule is CCOc1cccnc1NC(=O)Cc1ccc(F)cc1. The molecule has 0 unspecified atom stereocenters. The Balaban J connectivity index is 2.02. The first kappa shape index (κ1) is 14.0. The molecule has 1 aromatic carbocycles. The molecule has 0 aliphatic heterocycles. The van der Waals surface area contributed by atoms with E-state index in [0.29, 0.717) is 18.2 Å². The number of ether oxygens (including phenoxy) is 1. The minimum Gasteiger partial charge on any atom is -0.490 e. The van der Waals surface area contributed by atoms with Crippen molar-refractivity contribution in [3.05, 3.63) is 54.0 Å². The molecule has 0 spiro atoms. The zero-order valence-corrected chi connectivity index (χ0v) is 11.1. The van der Waals surface area contributed by atoms with Crippen LogP contribution in [-0.4, -0.2) is 17.5 Å². The van der Waals surface area contributed by atoms with Gasteiger partial charge in [0.15, 0.2) is 11.6 Å². The number of nitrogens with one attached hydrogen (secondary N) is 1. The molecule has 0 radical (unpaired) electrons. The van der Waals surface area contributed by atoms with Crippen molar-refractivity contribution in [2.45, 2.75) is 13.3 Å². The van der Waals surface area contributed by atoms with Gasteiger partial charge in [-0.05, 0) is 36.8 Å². The predicted molar refractivity (Wildman–Crippen MR) is 74.1 cm³/mol. The van der Waals surface area contributed by atoms with E-state index in [4.69, 9.17) is 4.74 Å². The normalized spacial score (nSPS) is 10.1. The average molecular weight is 274 g/mol. The molecule has 0 saturated carbocycles. The molecule has 0 bridgehead atoms. The molecule has 2 aromatic rings. The zero-order chi connectivity index (χ0) is 14.4. The highest BCUT2D eigenvalue weighted by Gasteiger charge is 2.09. The van der Waals surface area contributed by atoms with Crippen LogP contribution in [0.3, 0.4) is 0 Å². The number of amides is 1. The second kappa shape index (κ2) is 6.65. The van der Waals surface area contributed by atoms with Crippen molar-refractivity contribution in [1.29, 1.82) is 0 Å². The van der Waals surface area contributed by atoms with Crippen LogP contribution in [-0.2, 0) is 11.2 Å². The Hall–Kier alpha value is -2.43. The number of nitrogens with zero attached hydrogens (tertiary/aromatic N) is 1. The van der Waals surface area contributed by atoms with E-state index in [0.717, 1.165) is 5.56 Å². The summed E-state index contributed by atoms with van der Waals surface area (Å²) >= 11 is 0. The smallest absolute Gasteiger partial charge is 0.230 e. The topological polar surface area (TPSA) is 51.2 Å². The van der Waals surface area contributed by atoms with Gasteiger partial charge in [0.05, 0.1) is 13.0 Å². The Kier molecular flexibility index (Phi) is 4.65. The van der Waals surface area contributed by atoms with Gasteiger partial charge in [0, 0.05) is 6.20 Å². The number of carbonyl (C=O) groups is 1. The van der Waals surface area contributed by atoms with Gasteiger partial charge in [-0.2, -0.15) is 0 Å². The quantitative estimate of drug-likeness (QED) is 0.912. The van der Waals surface area contributed by atoms with E-state index in [9.17, 15) is 9.18 Å². The summed E-state index contributed by atoms with van der Waals surface area (Å²) in [6, 6.07) is 9.29. The van der Waals surface area contributed by atoms with Crippen LogP contribution in [0.1, 0.15) is 12.5 Å². The molecule has 5 heteroatoms. The first-order valence-corrected chi connectivity index (χ1v) is 6.31. The van der Waals surface area contributed by atoms with Crippen molar-refractivity contribution in [2.75, 3.05) is 11.9 Å². The molecule has 0 saturated heterocycles. The van der Waals surface area contributed by atoms with Gasteiger partial charge in [-0.1, -0.05) is 12.1 Å². The average Bonchev–Trinajstić information content (AvgIpc) is 2.44. The summed E-state index contributed by atoms with van der Waals surface area (Å²) in [5.41, 5.74) is 0.734. The van der Waals surface area contributed by atoms with E-state index in [1.54, 1.807) is 30.5 Å². The first-order chi connectivity index (χ1) is 9.69. The molecule has 1 aromatic heterocycles. The summed E-state index contributed by atoms with van der Waals surface area (Å²) in [4.78, 5) is 16.0. The zero-order valence-electron chi connectivity index (χ0n) is 11.1. The fraction of sp³-hybridized carbons (Fsp3) is 0.200.